The van der Waals surface area contributed by atoms with E-state index in [1.165, 1.54) is 0 Å². The first-order valence-corrected chi connectivity index (χ1v) is 5.81. The number of ether oxygens (including phenoxy) is 1. The van der Waals surface area contributed by atoms with Crippen molar-refractivity contribution in [2.75, 3.05) is 13.2 Å². The molecule has 1 aliphatic carbocycles. The molecular weight excluding hydrogens is 222 g/mol. The third-order valence-electron chi connectivity index (χ3n) is 3.78. The van der Waals surface area contributed by atoms with Crippen LogP contribution in [0.3, 0.4) is 0 Å². The number of hydrogen-bond acceptors (Lipinski definition) is 2. The largest absolute Gasteiger partial charge is 0.380 e. The predicted octanol–water partition coefficient (Wildman–Crippen LogP) is 2.91. The molecule has 1 spiro atoms. The summed E-state index contributed by atoms with van der Waals surface area (Å²) in [6, 6.07) is 10.1. The van der Waals surface area contributed by atoms with E-state index in [9.17, 15) is 5.26 Å². The van der Waals surface area contributed by atoms with Crippen LogP contribution in [0.5, 0.6) is 0 Å². The summed E-state index contributed by atoms with van der Waals surface area (Å²) in [7, 11) is 0. The molecule has 1 aliphatic heterocycles. The fourth-order valence-electron chi connectivity index (χ4n) is 2.94. The van der Waals surface area contributed by atoms with E-state index in [0.29, 0.717) is 5.41 Å². The zero-order valence-electron chi connectivity index (χ0n) is 8.87. The van der Waals surface area contributed by atoms with E-state index >= 15 is 0 Å². The first kappa shape index (κ1) is 10.1. The molecule has 3 rings (SSSR count). The molecule has 0 atom stereocenters. The first-order valence-electron chi connectivity index (χ1n) is 5.43. The van der Waals surface area contributed by atoms with Crippen molar-refractivity contribution in [3.8, 4) is 6.07 Å². The van der Waals surface area contributed by atoms with Crippen molar-refractivity contribution in [1.29, 1.82) is 5.26 Å². The van der Waals surface area contributed by atoms with Crippen molar-refractivity contribution < 1.29 is 4.74 Å². The quantitative estimate of drug-likeness (QED) is 0.747. The summed E-state index contributed by atoms with van der Waals surface area (Å²) >= 11 is 5.86. The Kier molecular flexibility index (Phi) is 2.04. The SMILES string of the molecule is N#CC1(c2ccc(Cl)cc2)CC2(COC2)C1. The topological polar surface area (TPSA) is 33.0 Å². The van der Waals surface area contributed by atoms with Crippen molar-refractivity contribution in [1.82, 2.24) is 0 Å². The molecule has 0 unspecified atom stereocenters. The lowest BCUT2D eigenvalue weighted by Crippen LogP contribution is -2.59. The van der Waals surface area contributed by atoms with Crippen LogP contribution in [0.15, 0.2) is 24.3 Å². The Morgan fingerprint density at radius 2 is 1.81 bits per heavy atom. The van der Waals surface area contributed by atoms with Crippen LogP contribution >= 0.6 is 11.6 Å². The van der Waals surface area contributed by atoms with Crippen LogP contribution in [0, 0.1) is 16.7 Å². The van der Waals surface area contributed by atoms with E-state index in [1.807, 2.05) is 24.3 Å². The van der Waals surface area contributed by atoms with Crippen molar-refractivity contribution >= 4 is 11.6 Å². The van der Waals surface area contributed by atoms with Gasteiger partial charge in [-0.1, -0.05) is 23.7 Å². The zero-order chi connectivity index (χ0) is 11.2. The molecule has 1 saturated carbocycles. The summed E-state index contributed by atoms with van der Waals surface area (Å²) in [5.41, 5.74) is 1.10. The molecule has 2 nitrogen and oxygen atoms in total. The number of hydrogen-bond donors (Lipinski definition) is 0. The van der Waals surface area contributed by atoms with Gasteiger partial charge in [-0.3, -0.25) is 0 Å². The molecule has 3 heteroatoms. The fraction of sp³-hybridized carbons (Fsp3) is 0.462. The Balaban J connectivity index is 1.87. The third kappa shape index (κ3) is 1.29. The second-order valence-corrected chi connectivity index (χ2v) is 5.48. The lowest BCUT2D eigenvalue weighted by atomic mass is 9.50. The van der Waals surface area contributed by atoms with E-state index in [2.05, 4.69) is 6.07 Å². The van der Waals surface area contributed by atoms with Crippen LogP contribution in [0.1, 0.15) is 18.4 Å². The fourth-order valence-corrected chi connectivity index (χ4v) is 3.07. The van der Waals surface area contributed by atoms with Gasteiger partial charge in [-0.15, -0.1) is 0 Å². The standard InChI is InChI=1S/C13H12ClNO/c14-11-3-1-10(2-4-11)13(7-15)5-12(6-13)8-16-9-12/h1-4H,5-6,8-9H2. The summed E-state index contributed by atoms with van der Waals surface area (Å²) in [4.78, 5) is 0. The molecule has 2 fully saturated rings. The van der Waals surface area contributed by atoms with Crippen molar-refractivity contribution in [2.24, 2.45) is 5.41 Å². The van der Waals surface area contributed by atoms with Crippen molar-refractivity contribution in [3.05, 3.63) is 34.9 Å². The Labute approximate surface area is 99.8 Å². The van der Waals surface area contributed by atoms with Gasteiger partial charge >= 0.3 is 0 Å². The van der Waals surface area contributed by atoms with Crippen LogP contribution in [-0.4, -0.2) is 13.2 Å². The Hall–Kier alpha value is -1.04. The molecule has 1 saturated heterocycles. The first-order chi connectivity index (χ1) is 7.68. The summed E-state index contributed by atoms with van der Waals surface area (Å²) in [6.45, 7) is 1.65. The van der Waals surface area contributed by atoms with Gasteiger partial charge in [0.2, 0.25) is 0 Å². The smallest absolute Gasteiger partial charge is 0.0836 e. The van der Waals surface area contributed by atoms with E-state index in [1.54, 1.807) is 0 Å². The van der Waals surface area contributed by atoms with Crippen LogP contribution in [0.4, 0.5) is 0 Å². The molecule has 0 radical (unpaired) electrons. The maximum atomic E-state index is 9.39. The number of benzene rings is 1. The Morgan fingerprint density at radius 1 is 1.19 bits per heavy atom. The Bertz CT molecular complexity index is 448. The average Bonchev–Trinajstić information content (AvgIpc) is 2.17. The van der Waals surface area contributed by atoms with Gasteiger partial charge in [-0.2, -0.15) is 5.26 Å². The average molecular weight is 234 g/mol. The third-order valence-corrected chi connectivity index (χ3v) is 4.03. The van der Waals surface area contributed by atoms with E-state index in [0.717, 1.165) is 36.6 Å². The molecule has 1 aromatic carbocycles. The van der Waals surface area contributed by atoms with Gasteiger partial charge < -0.3 is 4.74 Å². The molecule has 16 heavy (non-hydrogen) atoms. The molecule has 0 N–H and O–H groups in total. The lowest BCUT2D eigenvalue weighted by Gasteiger charge is -2.57. The molecule has 1 heterocycles. The molecule has 0 aromatic heterocycles. The van der Waals surface area contributed by atoms with Crippen molar-refractivity contribution in [3.63, 3.8) is 0 Å². The normalized spacial score (nSPS) is 24.2. The van der Waals surface area contributed by atoms with E-state index in [-0.39, 0.29) is 5.41 Å². The minimum atomic E-state index is -0.297. The molecule has 0 amide bonds. The highest BCUT2D eigenvalue weighted by Gasteiger charge is 2.59. The van der Waals surface area contributed by atoms with Crippen LogP contribution in [-0.2, 0) is 10.2 Å². The second-order valence-electron chi connectivity index (χ2n) is 5.05. The van der Waals surface area contributed by atoms with Gasteiger partial charge in [0, 0.05) is 10.4 Å². The number of rotatable bonds is 1. The molecule has 0 bridgehead atoms. The highest BCUT2D eigenvalue weighted by molar-refractivity contribution is 6.30. The van der Waals surface area contributed by atoms with Gasteiger partial charge in [0.05, 0.1) is 24.7 Å². The molecule has 82 valence electrons. The second kappa shape index (κ2) is 3.23. The van der Waals surface area contributed by atoms with E-state index < -0.39 is 0 Å². The summed E-state index contributed by atoms with van der Waals surface area (Å²) < 4.78 is 5.24. The predicted molar refractivity (Wildman–Crippen MR) is 61.2 cm³/mol. The van der Waals surface area contributed by atoms with Gasteiger partial charge in [0.25, 0.3) is 0 Å². The molecule has 1 aromatic rings. The maximum Gasteiger partial charge on any atom is 0.0836 e. The van der Waals surface area contributed by atoms with Crippen molar-refractivity contribution in [2.45, 2.75) is 18.3 Å². The van der Waals surface area contributed by atoms with E-state index in [4.69, 9.17) is 16.3 Å². The van der Waals surface area contributed by atoms with Crippen LogP contribution in [0.25, 0.3) is 0 Å². The minimum absolute atomic E-state index is 0.297. The Morgan fingerprint density at radius 3 is 2.25 bits per heavy atom. The monoisotopic (exact) mass is 233 g/mol. The highest BCUT2D eigenvalue weighted by Crippen LogP contribution is 2.58. The number of nitrogens with zero attached hydrogens (tertiary/aromatic N) is 1. The van der Waals surface area contributed by atoms with Crippen LogP contribution in [0.2, 0.25) is 5.02 Å². The van der Waals surface area contributed by atoms with Crippen LogP contribution < -0.4 is 0 Å². The molecule has 2 aliphatic rings. The van der Waals surface area contributed by atoms with Gasteiger partial charge in [0.1, 0.15) is 0 Å². The van der Waals surface area contributed by atoms with Gasteiger partial charge in [0.15, 0.2) is 0 Å². The molecular formula is C13H12ClNO. The lowest BCUT2D eigenvalue weighted by molar-refractivity contribution is -0.178. The number of nitriles is 1. The summed E-state index contributed by atoms with van der Waals surface area (Å²) in [5.74, 6) is 0. The summed E-state index contributed by atoms with van der Waals surface area (Å²) in [5, 5.41) is 10.1. The van der Waals surface area contributed by atoms with Gasteiger partial charge in [-0.05, 0) is 30.5 Å². The highest BCUT2D eigenvalue weighted by atomic mass is 35.5. The number of halogens is 1. The van der Waals surface area contributed by atoms with Gasteiger partial charge in [-0.25, -0.2) is 0 Å². The zero-order valence-corrected chi connectivity index (χ0v) is 9.63. The summed E-state index contributed by atoms with van der Waals surface area (Å²) in [6.07, 6.45) is 1.86. The minimum Gasteiger partial charge on any atom is -0.380 e. The maximum absolute atomic E-state index is 9.39.